The minimum atomic E-state index is -0.0982. The molecule has 2 amide bonds. The van der Waals surface area contributed by atoms with Gasteiger partial charge >= 0.3 is 0 Å². The largest absolute Gasteiger partial charge is 0.341 e. The van der Waals surface area contributed by atoms with E-state index in [0.717, 1.165) is 19.5 Å². The number of nitrogens with zero attached hydrogens (tertiary/aromatic N) is 5. The number of carbonyl (C=O) groups excluding carboxylic acids is 2. The van der Waals surface area contributed by atoms with Crippen LogP contribution in [0, 0.1) is 0 Å². The molecule has 8 nitrogen and oxygen atoms in total. The Morgan fingerprint density at radius 2 is 1.90 bits per heavy atom. The number of carbonyl (C=O) groups is 2. The molecule has 1 aromatic heterocycles. The standard InChI is InChI=1S/C13H20N6O2/c1-10(20)17-3-2-4-18(6-5-17)13(21)12-9-19(16-15-12)11-7-14-8-11/h9,11,14H,2-8H2,1H3. The molecule has 0 atom stereocenters. The lowest BCUT2D eigenvalue weighted by atomic mass is 10.2. The maximum Gasteiger partial charge on any atom is 0.276 e. The normalized spacial score (nSPS) is 20.0. The van der Waals surface area contributed by atoms with Gasteiger partial charge in [-0.3, -0.25) is 9.59 Å². The van der Waals surface area contributed by atoms with E-state index >= 15 is 0 Å². The van der Waals surface area contributed by atoms with Crippen molar-refractivity contribution < 1.29 is 9.59 Å². The summed E-state index contributed by atoms with van der Waals surface area (Å²) >= 11 is 0. The van der Waals surface area contributed by atoms with Crippen LogP contribution in [-0.4, -0.2) is 75.9 Å². The Morgan fingerprint density at radius 1 is 1.19 bits per heavy atom. The second kappa shape index (κ2) is 5.80. The summed E-state index contributed by atoms with van der Waals surface area (Å²) in [6.07, 6.45) is 2.52. The molecule has 8 heteroatoms. The van der Waals surface area contributed by atoms with Crippen molar-refractivity contribution in [1.29, 1.82) is 0 Å². The van der Waals surface area contributed by atoms with Crippen molar-refractivity contribution in [1.82, 2.24) is 30.1 Å². The zero-order valence-electron chi connectivity index (χ0n) is 12.2. The minimum Gasteiger partial charge on any atom is -0.341 e. The van der Waals surface area contributed by atoms with Crippen molar-refractivity contribution in [2.45, 2.75) is 19.4 Å². The fraction of sp³-hybridized carbons (Fsp3) is 0.692. The van der Waals surface area contributed by atoms with Crippen LogP contribution in [-0.2, 0) is 4.79 Å². The van der Waals surface area contributed by atoms with Crippen LogP contribution in [0.2, 0.25) is 0 Å². The van der Waals surface area contributed by atoms with Gasteiger partial charge in [0.25, 0.3) is 5.91 Å². The molecule has 1 N–H and O–H groups in total. The Labute approximate surface area is 123 Å². The van der Waals surface area contributed by atoms with E-state index in [9.17, 15) is 9.59 Å². The first-order valence-electron chi connectivity index (χ1n) is 7.32. The van der Waals surface area contributed by atoms with Crippen LogP contribution in [0.4, 0.5) is 0 Å². The molecule has 2 aliphatic heterocycles. The van der Waals surface area contributed by atoms with Crippen LogP contribution in [0.15, 0.2) is 6.20 Å². The Balaban J connectivity index is 1.64. The van der Waals surface area contributed by atoms with E-state index in [2.05, 4.69) is 15.6 Å². The van der Waals surface area contributed by atoms with Gasteiger partial charge < -0.3 is 15.1 Å². The molecule has 1 aromatic rings. The van der Waals surface area contributed by atoms with Gasteiger partial charge in [0.2, 0.25) is 5.91 Å². The first-order valence-corrected chi connectivity index (χ1v) is 7.32. The average molecular weight is 292 g/mol. The smallest absolute Gasteiger partial charge is 0.276 e. The molecule has 2 fully saturated rings. The van der Waals surface area contributed by atoms with Crippen molar-refractivity contribution in [2.24, 2.45) is 0 Å². The van der Waals surface area contributed by atoms with Crippen LogP contribution in [0.25, 0.3) is 0 Å². The third kappa shape index (κ3) is 2.90. The number of hydrogen-bond acceptors (Lipinski definition) is 5. The molecular formula is C13H20N6O2. The zero-order chi connectivity index (χ0) is 14.8. The second-order valence-electron chi connectivity index (χ2n) is 5.55. The lowest BCUT2D eigenvalue weighted by Gasteiger charge is -2.26. The van der Waals surface area contributed by atoms with Gasteiger partial charge in [-0.15, -0.1) is 5.10 Å². The number of hydrogen-bond donors (Lipinski definition) is 1. The van der Waals surface area contributed by atoms with E-state index in [1.807, 2.05) is 0 Å². The predicted octanol–water partition coefficient (Wildman–Crippen LogP) is -0.883. The number of rotatable bonds is 2. The highest BCUT2D eigenvalue weighted by Crippen LogP contribution is 2.12. The van der Waals surface area contributed by atoms with E-state index in [-0.39, 0.29) is 11.8 Å². The third-order valence-corrected chi connectivity index (χ3v) is 4.09. The molecule has 2 saturated heterocycles. The maximum absolute atomic E-state index is 12.5. The minimum absolute atomic E-state index is 0.0627. The van der Waals surface area contributed by atoms with Gasteiger partial charge in [0.1, 0.15) is 0 Å². The molecule has 114 valence electrons. The van der Waals surface area contributed by atoms with Crippen molar-refractivity contribution in [3.05, 3.63) is 11.9 Å². The Morgan fingerprint density at radius 3 is 2.57 bits per heavy atom. The fourth-order valence-electron chi connectivity index (χ4n) is 2.61. The molecule has 3 heterocycles. The molecule has 0 aliphatic carbocycles. The van der Waals surface area contributed by atoms with Gasteiger partial charge in [-0.25, -0.2) is 4.68 Å². The number of nitrogens with one attached hydrogen (secondary N) is 1. The molecule has 0 aromatic carbocycles. The summed E-state index contributed by atoms with van der Waals surface area (Å²) in [5.74, 6) is -0.0355. The summed E-state index contributed by atoms with van der Waals surface area (Å²) in [6, 6.07) is 0.302. The van der Waals surface area contributed by atoms with Crippen molar-refractivity contribution in [2.75, 3.05) is 39.3 Å². The summed E-state index contributed by atoms with van der Waals surface area (Å²) in [4.78, 5) is 27.4. The third-order valence-electron chi connectivity index (χ3n) is 4.09. The Bertz CT molecular complexity index is 539. The molecule has 0 saturated carbocycles. The monoisotopic (exact) mass is 292 g/mol. The van der Waals surface area contributed by atoms with Crippen LogP contribution in [0.1, 0.15) is 29.9 Å². The molecule has 2 aliphatic rings. The highest BCUT2D eigenvalue weighted by atomic mass is 16.2. The predicted molar refractivity (Wildman–Crippen MR) is 74.7 cm³/mol. The first-order chi connectivity index (χ1) is 10.1. The summed E-state index contributed by atoms with van der Waals surface area (Å²) in [6.45, 7) is 5.80. The lowest BCUT2D eigenvalue weighted by molar-refractivity contribution is -0.128. The fourth-order valence-corrected chi connectivity index (χ4v) is 2.61. The van der Waals surface area contributed by atoms with Crippen molar-refractivity contribution in [3.8, 4) is 0 Å². The molecule has 21 heavy (non-hydrogen) atoms. The van der Waals surface area contributed by atoms with Crippen LogP contribution in [0.3, 0.4) is 0 Å². The molecular weight excluding hydrogens is 272 g/mol. The summed E-state index contributed by atoms with van der Waals surface area (Å²) in [5.41, 5.74) is 0.387. The van der Waals surface area contributed by atoms with Gasteiger partial charge in [-0.1, -0.05) is 5.21 Å². The quantitative estimate of drug-likeness (QED) is 0.765. The average Bonchev–Trinajstić information content (AvgIpc) is 2.72. The molecule has 0 radical (unpaired) electrons. The van der Waals surface area contributed by atoms with E-state index in [0.29, 0.717) is 37.9 Å². The summed E-state index contributed by atoms with van der Waals surface area (Å²) in [5, 5.41) is 11.2. The highest BCUT2D eigenvalue weighted by Gasteiger charge is 2.25. The summed E-state index contributed by atoms with van der Waals surface area (Å²) < 4.78 is 1.75. The van der Waals surface area contributed by atoms with Crippen molar-refractivity contribution >= 4 is 11.8 Å². The van der Waals surface area contributed by atoms with E-state index in [1.54, 1.807) is 27.6 Å². The van der Waals surface area contributed by atoms with E-state index in [1.165, 1.54) is 0 Å². The maximum atomic E-state index is 12.5. The van der Waals surface area contributed by atoms with Gasteiger partial charge in [-0.2, -0.15) is 0 Å². The van der Waals surface area contributed by atoms with Crippen molar-refractivity contribution in [3.63, 3.8) is 0 Å². The van der Waals surface area contributed by atoms with Gasteiger partial charge in [0.05, 0.1) is 12.2 Å². The zero-order valence-corrected chi connectivity index (χ0v) is 12.2. The topological polar surface area (TPSA) is 83.4 Å². The van der Waals surface area contributed by atoms with Crippen LogP contribution >= 0.6 is 0 Å². The van der Waals surface area contributed by atoms with Gasteiger partial charge in [0.15, 0.2) is 5.69 Å². The SMILES string of the molecule is CC(=O)N1CCCN(C(=O)c2cn(C3CNC3)nn2)CC1. The molecule has 0 bridgehead atoms. The highest BCUT2D eigenvalue weighted by molar-refractivity contribution is 5.92. The van der Waals surface area contributed by atoms with Gasteiger partial charge in [-0.05, 0) is 6.42 Å². The molecule has 0 spiro atoms. The van der Waals surface area contributed by atoms with E-state index in [4.69, 9.17) is 0 Å². The first kappa shape index (κ1) is 14.0. The van der Waals surface area contributed by atoms with Crippen LogP contribution < -0.4 is 5.32 Å². The van der Waals surface area contributed by atoms with Gasteiger partial charge in [0, 0.05) is 46.2 Å². The molecule has 3 rings (SSSR count). The second-order valence-corrected chi connectivity index (χ2v) is 5.55. The lowest BCUT2D eigenvalue weighted by Crippen LogP contribution is -2.43. The number of aromatic nitrogens is 3. The van der Waals surface area contributed by atoms with Crippen LogP contribution in [0.5, 0.6) is 0 Å². The number of amides is 2. The Kier molecular flexibility index (Phi) is 3.87. The van der Waals surface area contributed by atoms with E-state index < -0.39 is 0 Å². The molecule has 0 unspecified atom stereocenters. The summed E-state index contributed by atoms with van der Waals surface area (Å²) in [7, 11) is 0. The Hall–Kier alpha value is -1.96.